The molecule has 1 atom stereocenters. The molecule has 1 aliphatic rings. The third-order valence-electron chi connectivity index (χ3n) is 2.13. The molecule has 0 aliphatic carbocycles. The van der Waals surface area contributed by atoms with E-state index in [4.69, 9.17) is 11.6 Å². The molecule has 1 aliphatic heterocycles. The van der Waals surface area contributed by atoms with Crippen LogP contribution in [0.1, 0.15) is 6.42 Å². The average Bonchev–Trinajstić information content (AvgIpc) is 2.45. The summed E-state index contributed by atoms with van der Waals surface area (Å²) in [6.45, 7) is 0. The monoisotopic (exact) mass is 224 g/mol. The van der Waals surface area contributed by atoms with Gasteiger partial charge < -0.3 is 5.32 Å². The van der Waals surface area contributed by atoms with Crippen LogP contribution < -0.4 is 10.6 Å². The zero-order valence-electron chi connectivity index (χ0n) is 7.79. The number of hydrogen-bond acceptors (Lipinski definition) is 3. The van der Waals surface area contributed by atoms with Crippen LogP contribution >= 0.6 is 11.6 Å². The Morgan fingerprint density at radius 1 is 1.40 bits per heavy atom. The number of carbonyl (C=O) groups is 2. The molecule has 0 radical (unpaired) electrons. The van der Waals surface area contributed by atoms with Gasteiger partial charge in [0.15, 0.2) is 0 Å². The van der Waals surface area contributed by atoms with Gasteiger partial charge in [0.05, 0.1) is 6.42 Å². The summed E-state index contributed by atoms with van der Waals surface area (Å²) < 4.78 is 0. The normalized spacial score (nSPS) is 20.2. The van der Waals surface area contributed by atoms with Gasteiger partial charge >= 0.3 is 0 Å². The standard InChI is InChI=1S/C10H9ClN2O2/c11-6-2-1-3-7(4-6)12-8-5-9(14)13-10(8)15/h1-4,8,12H,5H2,(H,13,14,15). The van der Waals surface area contributed by atoms with Gasteiger partial charge in [-0.1, -0.05) is 17.7 Å². The molecule has 1 aromatic rings. The highest BCUT2D eigenvalue weighted by molar-refractivity contribution is 6.30. The van der Waals surface area contributed by atoms with Gasteiger partial charge in [0, 0.05) is 10.7 Å². The van der Waals surface area contributed by atoms with E-state index in [0.717, 1.165) is 5.69 Å². The van der Waals surface area contributed by atoms with Crippen molar-refractivity contribution in [2.24, 2.45) is 0 Å². The third kappa shape index (κ3) is 2.27. The molecule has 4 nitrogen and oxygen atoms in total. The Balaban J connectivity index is 2.09. The van der Waals surface area contributed by atoms with E-state index in [1.54, 1.807) is 24.3 Å². The highest BCUT2D eigenvalue weighted by Gasteiger charge is 2.30. The summed E-state index contributed by atoms with van der Waals surface area (Å²) in [6.07, 6.45) is 0.172. The smallest absolute Gasteiger partial charge is 0.249 e. The van der Waals surface area contributed by atoms with Gasteiger partial charge in [-0.15, -0.1) is 0 Å². The number of amides is 2. The summed E-state index contributed by atoms with van der Waals surface area (Å²) in [4.78, 5) is 22.2. The van der Waals surface area contributed by atoms with Gasteiger partial charge in [-0.05, 0) is 18.2 Å². The number of benzene rings is 1. The fourth-order valence-corrected chi connectivity index (χ4v) is 1.64. The van der Waals surface area contributed by atoms with E-state index < -0.39 is 6.04 Å². The van der Waals surface area contributed by atoms with Crippen LogP contribution in [0.2, 0.25) is 5.02 Å². The summed E-state index contributed by atoms with van der Waals surface area (Å²) in [5, 5.41) is 5.76. The predicted molar refractivity (Wildman–Crippen MR) is 56.6 cm³/mol. The lowest BCUT2D eigenvalue weighted by Gasteiger charge is -2.10. The topological polar surface area (TPSA) is 58.2 Å². The first-order valence-corrected chi connectivity index (χ1v) is 4.89. The number of anilines is 1. The Morgan fingerprint density at radius 3 is 2.80 bits per heavy atom. The SMILES string of the molecule is O=C1CC(Nc2cccc(Cl)c2)C(=O)N1. The number of nitrogens with one attached hydrogen (secondary N) is 2. The van der Waals surface area contributed by atoms with Crippen LogP contribution in [-0.2, 0) is 9.59 Å². The summed E-state index contributed by atoms with van der Waals surface area (Å²) in [5.74, 6) is -0.542. The number of rotatable bonds is 2. The molecule has 0 aromatic heterocycles. The van der Waals surface area contributed by atoms with Crippen LogP contribution in [0.25, 0.3) is 0 Å². The minimum absolute atomic E-state index is 0.172. The van der Waals surface area contributed by atoms with Gasteiger partial charge in [-0.25, -0.2) is 0 Å². The van der Waals surface area contributed by atoms with Crippen molar-refractivity contribution in [2.45, 2.75) is 12.5 Å². The third-order valence-corrected chi connectivity index (χ3v) is 2.37. The minimum atomic E-state index is -0.490. The Kier molecular flexibility index (Phi) is 2.60. The Labute approximate surface area is 91.6 Å². The number of hydrogen-bond donors (Lipinski definition) is 2. The van der Waals surface area contributed by atoms with Crippen LogP contribution in [0.4, 0.5) is 5.69 Å². The summed E-state index contributed by atoms with van der Waals surface area (Å²) in [5.41, 5.74) is 0.734. The fraction of sp³-hybridized carbons (Fsp3) is 0.200. The van der Waals surface area contributed by atoms with Gasteiger partial charge in [0.2, 0.25) is 11.8 Å². The second kappa shape index (κ2) is 3.90. The molecular weight excluding hydrogens is 216 g/mol. The van der Waals surface area contributed by atoms with E-state index in [1.165, 1.54) is 0 Å². The van der Waals surface area contributed by atoms with Crippen LogP contribution in [-0.4, -0.2) is 17.9 Å². The molecule has 1 unspecified atom stereocenters. The maximum atomic E-state index is 11.2. The molecule has 0 saturated carbocycles. The van der Waals surface area contributed by atoms with E-state index >= 15 is 0 Å². The largest absolute Gasteiger partial charge is 0.373 e. The molecule has 0 spiro atoms. The molecule has 0 bridgehead atoms. The van der Waals surface area contributed by atoms with Crippen LogP contribution in [0.5, 0.6) is 0 Å². The van der Waals surface area contributed by atoms with Crippen molar-refractivity contribution in [1.29, 1.82) is 0 Å². The maximum absolute atomic E-state index is 11.2. The van der Waals surface area contributed by atoms with E-state index in [1.807, 2.05) is 0 Å². The lowest BCUT2D eigenvalue weighted by Crippen LogP contribution is -2.29. The first kappa shape index (κ1) is 9.98. The highest BCUT2D eigenvalue weighted by atomic mass is 35.5. The highest BCUT2D eigenvalue weighted by Crippen LogP contribution is 2.17. The maximum Gasteiger partial charge on any atom is 0.249 e. The molecular formula is C10H9ClN2O2. The summed E-state index contributed by atoms with van der Waals surface area (Å²) in [7, 11) is 0. The molecule has 2 rings (SSSR count). The van der Waals surface area contributed by atoms with E-state index in [9.17, 15) is 9.59 Å². The molecule has 5 heteroatoms. The Morgan fingerprint density at radius 2 is 2.20 bits per heavy atom. The molecule has 1 aromatic carbocycles. The van der Waals surface area contributed by atoms with E-state index in [0.29, 0.717) is 5.02 Å². The van der Waals surface area contributed by atoms with Gasteiger partial charge in [0.25, 0.3) is 0 Å². The fourth-order valence-electron chi connectivity index (χ4n) is 1.45. The van der Waals surface area contributed by atoms with Gasteiger partial charge in [-0.3, -0.25) is 14.9 Å². The van der Waals surface area contributed by atoms with Gasteiger partial charge in [0.1, 0.15) is 6.04 Å². The lowest BCUT2D eigenvalue weighted by molar-refractivity contribution is -0.124. The Hall–Kier alpha value is -1.55. The van der Waals surface area contributed by atoms with Crippen LogP contribution in [0.15, 0.2) is 24.3 Å². The van der Waals surface area contributed by atoms with Crippen LogP contribution in [0.3, 0.4) is 0 Å². The Bertz CT molecular complexity index is 420. The molecule has 78 valence electrons. The molecule has 2 N–H and O–H groups in total. The van der Waals surface area contributed by atoms with Gasteiger partial charge in [-0.2, -0.15) is 0 Å². The number of imide groups is 1. The van der Waals surface area contributed by atoms with Crippen molar-refractivity contribution in [1.82, 2.24) is 5.32 Å². The van der Waals surface area contributed by atoms with E-state index in [-0.39, 0.29) is 18.2 Å². The van der Waals surface area contributed by atoms with Crippen molar-refractivity contribution in [3.8, 4) is 0 Å². The van der Waals surface area contributed by atoms with Crippen molar-refractivity contribution >= 4 is 29.1 Å². The van der Waals surface area contributed by atoms with E-state index in [2.05, 4.69) is 10.6 Å². The van der Waals surface area contributed by atoms with Crippen molar-refractivity contribution in [2.75, 3.05) is 5.32 Å². The quantitative estimate of drug-likeness (QED) is 0.742. The predicted octanol–water partition coefficient (Wildman–Crippen LogP) is 1.17. The lowest BCUT2D eigenvalue weighted by atomic mass is 10.2. The zero-order chi connectivity index (χ0) is 10.8. The minimum Gasteiger partial charge on any atom is -0.373 e. The molecule has 15 heavy (non-hydrogen) atoms. The molecule has 2 amide bonds. The molecule has 1 heterocycles. The second-order valence-electron chi connectivity index (χ2n) is 3.32. The number of carbonyl (C=O) groups excluding carboxylic acids is 2. The number of halogens is 1. The van der Waals surface area contributed by atoms with Crippen LogP contribution in [0, 0.1) is 0 Å². The molecule has 1 fully saturated rings. The van der Waals surface area contributed by atoms with Crippen molar-refractivity contribution < 1.29 is 9.59 Å². The first-order chi connectivity index (χ1) is 7.15. The summed E-state index contributed by atoms with van der Waals surface area (Å²) in [6, 6.07) is 6.53. The van der Waals surface area contributed by atoms with Crippen molar-refractivity contribution in [3.63, 3.8) is 0 Å². The second-order valence-corrected chi connectivity index (χ2v) is 3.76. The van der Waals surface area contributed by atoms with Crippen molar-refractivity contribution in [3.05, 3.63) is 29.3 Å². The molecule has 1 saturated heterocycles. The first-order valence-electron chi connectivity index (χ1n) is 4.51. The summed E-state index contributed by atoms with van der Waals surface area (Å²) >= 11 is 5.79. The zero-order valence-corrected chi connectivity index (χ0v) is 8.54. The average molecular weight is 225 g/mol.